The van der Waals surface area contributed by atoms with E-state index in [1.54, 1.807) is 0 Å². The first-order chi connectivity index (χ1) is 11.8. The van der Waals surface area contributed by atoms with Gasteiger partial charge in [-0.05, 0) is 34.4 Å². The Labute approximate surface area is 151 Å². The molecule has 0 saturated heterocycles. The normalized spacial score (nSPS) is 12.2. The zero-order chi connectivity index (χ0) is 18.1. The van der Waals surface area contributed by atoms with Gasteiger partial charge in [0.1, 0.15) is 0 Å². The van der Waals surface area contributed by atoms with Gasteiger partial charge in [-0.25, -0.2) is 0 Å². The van der Waals surface area contributed by atoms with Crippen molar-refractivity contribution in [3.63, 3.8) is 0 Å². The Balaban J connectivity index is 1.93. The van der Waals surface area contributed by atoms with Crippen LogP contribution in [0.3, 0.4) is 0 Å². The van der Waals surface area contributed by atoms with Gasteiger partial charge in [-0.3, -0.25) is 0 Å². The van der Waals surface area contributed by atoms with Crippen LogP contribution >= 0.6 is 0 Å². The van der Waals surface area contributed by atoms with Crippen LogP contribution in [0, 0.1) is 0 Å². The summed E-state index contributed by atoms with van der Waals surface area (Å²) in [6, 6.07) is 27.9. The van der Waals surface area contributed by atoms with Crippen LogP contribution in [0.5, 0.6) is 0 Å². The van der Waals surface area contributed by atoms with Crippen LogP contribution in [-0.4, -0.2) is 0 Å². The molecular formula is C24H27N. The summed E-state index contributed by atoms with van der Waals surface area (Å²) in [5, 5.41) is 0. The van der Waals surface area contributed by atoms with E-state index in [4.69, 9.17) is 5.73 Å². The van der Waals surface area contributed by atoms with E-state index in [-0.39, 0.29) is 10.8 Å². The molecule has 25 heavy (non-hydrogen) atoms. The summed E-state index contributed by atoms with van der Waals surface area (Å²) in [6.45, 7) is 9.08. The number of nitrogen functional groups attached to an aromatic ring is 1. The Morgan fingerprint density at radius 2 is 0.800 bits per heavy atom. The fraction of sp³-hybridized carbons (Fsp3) is 0.250. The third-order valence-corrected chi connectivity index (χ3v) is 5.46. The van der Waals surface area contributed by atoms with Crippen molar-refractivity contribution in [2.45, 2.75) is 38.5 Å². The summed E-state index contributed by atoms with van der Waals surface area (Å²) < 4.78 is 0. The summed E-state index contributed by atoms with van der Waals surface area (Å²) in [4.78, 5) is 0. The van der Waals surface area contributed by atoms with Crippen molar-refractivity contribution < 1.29 is 0 Å². The summed E-state index contributed by atoms with van der Waals surface area (Å²) in [6.07, 6.45) is 0. The van der Waals surface area contributed by atoms with Crippen LogP contribution < -0.4 is 5.73 Å². The highest BCUT2D eigenvalue weighted by Crippen LogP contribution is 2.35. The second kappa shape index (κ2) is 6.40. The summed E-state index contributed by atoms with van der Waals surface area (Å²) in [7, 11) is 0. The molecule has 0 aliphatic heterocycles. The molecule has 0 fully saturated rings. The quantitative estimate of drug-likeness (QED) is 0.591. The third kappa shape index (κ3) is 3.32. The monoisotopic (exact) mass is 329 g/mol. The second-order valence-corrected chi connectivity index (χ2v) is 7.82. The van der Waals surface area contributed by atoms with Crippen molar-refractivity contribution in [2.75, 3.05) is 5.73 Å². The van der Waals surface area contributed by atoms with E-state index in [0.717, 1.165) is 5.69 Å². The first kappa shape index (κ1) is 17.3. The Hall–Kier alpha value is -2.54. The molecule has 3 aromatic carbocycles. The Bertz CT molecular complexity index is 826. The van der Waals surface area contributed by atoms with E-state index in [1.807, 2.05) is 12.1 Å². The fourth-order valence-electron chi connectivity index (χ4n) is 3.39. The highest BCUT2D eigenvalue weighted by molar-refractivity contribution is 5.46. The molecule has 2 N–H and O–H groups in total. The van der Waals surface area contributed by atoms with Gasteiger partial charge in [0.25, 0.3) is 0 Å². The van der Waals surface area contributed by atoms with Gasteiger partial charge in [0, 0.05) is 16.5 Å². The van der Waals surface area contributed by atoms with Crippen LogP contribution in [0.15, 0.2) is 78.9 Å². The lowest BCUT2D eigenvalue weighted by Crippen LogP contribution is -2.21. The van der Waals surface area contributed by atoms with Gasteiger partial charge in [-0.2, -0.15) is 0 Å². The van der Waals surface area contributed by atoms with E-state index in [9.17, 15) is 0 Å². The SMILES string of the molecule is CC(C)(c1ccccc1)c1ccc(C(C)(C)c2ccc(N)cc2)cc1. The number of anilines is 1. The van der Waals surface area contributed by atoms with Crippen molar-refractivity contribution in [2.24, 2.45) is 0 Å². The molecule has 0 aliphatic rings. The van der Waals surface area contributed by atoms with Crippen LogP contribution in [0.4, 0.5) is 5.69 Å². The number of benzene rings is 3. The van der Waals surface area contributed by atoms with Gasteiger partial charge in [0.2, 0.25) is 0 Å². The Morgan fingerprint density at radius 1 is 0.480 bits per heavy atom. The van der Waals surface area contributed by atoms with E-state index in [0.29, 0.717) is 0 Å². The minimum atomic E-state index is -0.0525. The van der Waals surface area contributed by atoms with Gasteiger partial charge in [-0.1, -0.05) is 94.4 Å². The zero-order valence-electron chi connectivity index (χ0n) is 15.6. The molecule has 1 heteroatoms. The largest absolute Gasteiger partial charge is 0.399 e. The molecule has 0 atom stereocenters. The van der Waals surface area contributed by atoms with Crippen molar-refractivity contribution in [1.82, 2.24) is 0 Å². The molecule has 0 saturated carbocycles. The molecule has 0 aromatic heterocycles. The molecule has 3 rings (SSSR count). The third-order valence-electron chi connectivity index (χ3n) is 5.46. The molecule has 1 nitrogen and oxygen atoms in total. The van der Waals surface area contributed by atoms with Gasteiger partial charge in [0.15, 0.2) is 0 Å². The highest BCUT2D eigenvalue weighted by Gasteiger charge is 2.26. The minimum absolute atomic E-state index is 0.00880. The molecule has 0 bridgehead atoms. The molecule has 0 radical (unpaired) electrons. The van der Waals surface area contributed by atoms with E-state index in [2.05, 4.69) is 94.4 Å². The lowest BCUT2D eigenvalue weighted by Gasteiger charge is -2.29. The molecule has 0 aliphatic carbocycles. The molecule has 0 unspecified atom stereocenters. The molecule has 3 aromatic rings. The van der Waals surface area contributed by atoms with Gasteiger partial charge >= 0.3 is 0 Å². The first-order valence-electron chi connectivity index (χ1n) is 8.84. The zero-order valence-corrected chi connectivity index (χ0v) is 15.6. The molecule has 128 valence electrons. The Morgan fingerprint density at radius 3 is 1.20 bits per heavy atom. The fourth-order valence-corrected chi connectivity index (χ4v) is 3.39. The number of hydrogen-bond acceptors (Lipinski definition) is 1. The van der Waals surface area contributed by atoms with Gasteiger partial charge in [-0.15, -0.1) is 0 Å². The molecule has 0 amide bonds. The Kier molecular flexibility index (Phi) is 4.43. The summed E-state index contributed by atoms with van der Waals surface area (Å²) >= 11 is 0. The van der Waals surface area contributed by atoms with Crippen LogP contribution in [-0.2, 0) is 10.8 Å². The average molecular weight is 329 g/mol. The van der Waals surface area contributed by atoms with E-state index in [1.165, 1.54) is 22.3 Å². The standard InChI is InChI=1S/C24H27N/c1-23(2,18-8-6-5-7-9-18)19-10-12-20(13-11-19)24(3,4)21-14-16-22(25)17-15-21/h5-17H,25H2,1-4H3. The average Bonchev–Trinajstić information content (AvgIpc) is 2.63. The minimum Gasteiger partial charge on any atom is -0.399 e. The van der Waals surface area contributed by atoms with Crippen LogP contribution in [0.1, 0.15) is 49.9 Å². The van der Waals surface area contributed by atoms with Crippen molar-refractivity contribution in [3.05, 3.63) is 101 Å². The number of nitrogens with two attached hydrogens (primary N) is 1. The molecular weight excluding hydrogens is 302 g/mol. The maximum Gasteiger partial charge on any atom is 0.0314 e. The lowest BCUT2D eigenvalue weighted by molar-refractivity contribution is 0.626. The van der Waals surface area contributed by atoms with E-state index >= 15 is 0 Å². The van der Waals surface area contributed by atoms with Crippen molar-refractivity contribution >= 4 is 5.69 Å². The smallest absolute Gasteiger partial charge is 0.0314 e. The van der Waals surface area contributed by atoms with Crippen molar-refractivity contribution in [1.29, 1.82) is 0 Å². The maximum absolute atomic E-state index is 5.83. The van der Waals surface area contributed by atoms with Crippen molar-refractivity contribution in [3.8, 4) is 0 Å². The van der Waals surface area contributed by atoms with Gasteiger partial charge < -0.3 is 5.73 Å². The van der Waals surface area contributed by atoms with E-state index < -0.39 is 0 Å². The lowest BCUT2D eigenvalue weighted by atomic mass is 9.74. The summed E-state index contributed by atoms with van der Waals surface area (Å²) in [5.41, 5.74) is 11.8. The predicted molar refractivity (Wildman–Crippen MR) is 108 cm³/mol. The summed E-state index contributed by atoms with van der Waals surface area (Å²) in [5.74, 6) is 0. The highest BCUT2D eigenvalue weighted by atomic mass is 14.5. The predicted octanol–water partition coefficient (Wildman–Crippen LogP) is 5.92. The number of hydrogen-bond donors (Lipinski definition) is 1. The maximum atomic E-state index is 5.83. The molecule has 0 spiro atoms. The van der Waals surface area contributed by atoms with Crippen LogP contribution in [0.25, 0.3) is 0 Å². The topological polar surface area (TPSA) is 26.0 Å². The first-order valence-corrected chi connectivity index (χ1v) is 8.84. The second-order valence-electron chi connectivity index (χ2n) is 7.82. The molecule has 0 heterocycles. The van der Waals surface area contributed by atoms with Crippen LogP contribution in [0.2, 0.25) is 0 Å². The number of rotatable bonds is 4. The van der Waals surface area contributed by atoms with Gasteiger partial charge in [0.05, 0.1) is 0 Å².